The van der Waals surface area contributed by atoms with Crippen molar-refractivity contribution in [2.24, 2.45) is 0 Å². The largest absolute Gasteiger partial charge is 0.473 e. The van der Waals surface area contributed by atoms with Crippen molar-refractivity contribution in [1.82, 2.24) is 9.97 Å². The summed E-state index contributed by atoms with van der Waals surface area (Å²) in [7, 11) is 0. The van der Waals surface area contributed by atoms with Crippen LogP contribution in [0.4, 0.5) is 0 Å². The Balaban J connectivity index is 0.000000187. The van der Waals surface area contributed by atoms with E-state index in [-0.39, 0.29) is 0 Å². The topological polar surface area (TPSA) is 103 Å². The van der Waals surface area contributed by atoms with Crippen LogP contribution in [-0.2, 0) is 9.59 Å². The SMILES string of the molecule is Cc1nc2ccccc2[nH]1.O=C(O)C(=O)O. The van der Waals surface area contributed by atoms with Crippen LogP contribution in [0, 0.1) is 6.92 Å². The fraction of sp³-hybridized carbons (Fsp3) is 0.100. The molecule has 3 N–H and O–H groups in total. The number of H-pyrrole nitrogens is 1. The van der Waals surface area contributed by atoms with Gasteiger partial charge in [-0.3, -0.25) is 0 Å². The number of aliphatic carboxylic acids is 2. The molecule has 0 saturated carbocycles. The molecule has 0 aliphatic carbocycles. The molecule has 6 nitrogen and oxygen atoms in total. The Morgan fingerprint density at radius 3 is 2.25 bits per heavy atom. The number of aryl methyl sites for hydroxylation is 1. The predicted molar refractivity (Wildman–Crippen MR) is 56.1 cm³/mol. The molecule has 1 aromatic heterocycles. The monoisotopic (exact) mass is 222 g/mol. The number of para-hydroxylation sites is 2. The van der Waals surface area contributed by atoms with Gasteiger partial charge in [0.1, 0.15) is 5.82 Å². The third kappa shape index (κ3) is 3.09. The van der Waals surface area contributed by atoms with Crippen molar-refractivity contribution in [3.8, 4) is 0 Å². The van der Waals surface area contributed by atoms with Crippen molar-refractivity contribution in [3.05, 3.63) is 30.1 Å². The first kappa shape index (κ1) is 11.7. The average Bonchev–Trinajstić information content (AvgIpc) is 2.58. The fourth-order valence-corrected chi connectivity index (χ4v) is 1.08. The summed E-state index contributed by atoms with van der Waals surface area (Å²) < 4.78 is 0. The zero-order valence-corrected chi connectivity index (χ0v) is 8.47. The standard InChI is InChI=1S/C8H8N2.C2H2O4/c1-6-9-7-4-2-3-5-8(7)10-6;3-1(4)2(5)6/h2-5H,1H3,(H,9,10);(H,3,4)(H,5,6). The van der Waals surface area contributed by atoms with Crippen molar-refractivity contribution in [3.63, 3.8) is 0 Å². The molecule has 0 fully saturated rings. The maximum atomic E-state index is 9.10. The summed E-state index contributed by atoms with van der Waals surface area (Å²) in [6.45, 7) is 1.96. The van der Waals surface area contributed by atoms with Gasteiger partial charge in [-0.05, 0) is 19.1 Å². The summed E-state index contributed by atoms with van der Waals surface area (Å²) >= 11 is 0. The van der Waals surface area contributed by atoms with Crippen LogP contribution in [-0.4, -0.2) is 32.1 Å². The molecule has 1 aromatic carbocycles. The van der Waals surface area contributed by atoms with Crippen LogP contribution >= 0.6 is 0 Å². The van der Waals surface area contributed by atoms with Gasteiger partial charge in [-0.1, -0.05) is 12.1 Å². The number of aromatic nitrogens is 2. The van der Waals surface area contributed by atoms with E-state index in [0.717, 1.165) is 16.9 Å². The molecule has 0 aliphatic heterocycles. The van der Waals surface area contributed by atoms with Crippen LogP contribution in [0.25, 0.3) is 11.0 Å². The molecule has 6 heteroatoms. The molecule has 0 saturated heterocycles. The molecule has 0 aliphatic rings. The Morgan fingerprint density at radius 1 is 1.19 bits per heavy atom. The highest BCUT2D eigenvalue weighted by molar-refractivity contribution is 6.27. The van der Waals surface area contributed by atoms with E-state index in [2.05, 4.69) is 9.97 Å². The van der Waals surface area contributed by atoms with Crippen molar-refractivity contribution in [2.45, 2.75) is 6.92 Å². The Kier molecular flexibility index (Phi) is 3.60. The smallest absolute Gasteiger partial charge is 0.414 e. The third-order valence-corrected chi connectivity index (χ3v) is 1.69. The molecule has 0 unspecified atom stereocenters. The molecule has 1 heterocycles. The summed E-state index contributed by atoms with van der Waals surface area (Å²) in [5.41, 5.74) is 2.15. The number of nitrogens with one attached hydrogen (secondary N) is 1. The van der Waals surface area contributed by atoms with Crippen LogP contribution in [0.1, 0.15) is 5.82 Å². The molecule has 0 radical (unpaired) electrons. The number of fused-ring (bicyclic) bond motifs is 1. The lowest BCUT2D eigenvalue weighted by Crippen LogP contribution is -2.09. The molecular weight excluding hydrogens is 212 g/mol. The van der Waals surface area contributed by atoms with Crippen molar-refractivity contribution >= 4 is 23.0 Å². The number of nitrogens with zero attached hydrogens (tertiary/aromatic N) is 1. The predicted octanol–water partition coefficient (Wildman–Crippen LogP) is 1.03. The van der Waals surface area contributed by atoms with Gasteiger partial charge in [0.25, 0.3) is 0 Å². The molecular formula is C10H10N2O4. The summed E-state index contributed by atoms with van der Waals surface area (Å²) in [5, 5.41) is 14.8. The molecule has 2 rings (SSSR count). The van der Waals surface area contributed by atoms with Gasteiger partial charge in [-0.2, -0.15) is 0 Å². The molecule has 84 valence electrons. The van der Waals surface area contributed by atoms with Crippen LogP contribution in [0.3, 0.4) is 0 Å². The van der Waals surface area contributed by atoms with Crippen molar-refractivity contribution in [1.29, 1.82) is 0 Å². The van der Waals surface area contributed by atoms with E-state index in [1.807, 2.05) is 31.2 Å². The Hall–Kier alpha value is -2.37. The molecule has 0 atom stereocenters. The number of hydrogen-bond donors (Lipinski definition) is 3. The van der Waals surface area contributed by atoms with E-state index in [1.54, 1.807) is 0 Å². The second-order valence-corrected chi connectivity index (χ2v) is 2.95. The van der Waals surface area contributed by atoms with Gasteiger partial charge in [0, 0.05) is 0 Å². The zero-order chi connectivity index (χ0) is 12.1. The van der Waals surface area contributed by atoms with Gasteiger partial charge < -0.3 is 15.2 Å². The maximum Gasteiger partial charge on any atom is 0.414 e. The Morgan fingerprint density at radius 2 is 1.75 bits per heavy atom. The minimum absolute atomic E-state index is 0.973. The molecule has 0 bridgehead atoms. The third-order valence-electron chi connectivity index (χ3n) is 1.69. The molecule has 2 aromatic rings. The number of hydrogen-bond acceptors (Lipinski definition) is 3. The second-order valence-electron chi connectivity index (χ2n) is 2.95. The van der Waals surface area contributed by atoms with Crippen LogP contribution < -0.4 is 0 Å². The first-order chi connectivity index (χ1) is 7.50. The highest BCUT2D eigenvalue weighted by atomic mass is 16.4. The van der Waals surface area contributed by atoms with Crippen LogP contribution in [0.15, 0.2) is 24.3 Å². The van der Waals surface area contributed by atoms with Gasteiger partial charge in [-0.15, -0.1) is 0 Å². The Labute approximate surface area is 90.6 Å². The van der Waals surface area contributed by atoms with E-state index in [0.29, 0.717) is 0 Å². The van der Waals surface area contributed by atoms with E-state index in [1.165, 1.54) is 0 Å². The highest BCUT2D eigenvalue weighted by Gasteiger charge is 2.04. The van der Waals surface area contributed by atoms with Crippen molar-refractivity contribution < 1.29 is 19.8 Å². The van der Waals surface area contributed by atoms with E-state index in [4.69, 9.17) is 19.8 Å². The lowest BCUT2D eigenvalue weighted by atomic mass is 10.3. The highest BCUT2D eigenvalue weighted by Crippen LogP contribution is 2.08. The molecule has 0 spiro atoms. The summed E-state index contributed by atoms with van der Waals surface area (Å²) in [5.74, 6) is -2.67. The van der Waals surface area contributed by atoms with E-state index >= 15 is 0 Å². The van der Waals surface area contributed by atoms with Crippen molar-refractivity contribution in [2.75, 3.05) is 0 Å². The summed E-state index contributed by atoms with van der Waals surface area (Å²) in [4.78, 5) is 25.6. The van der Waals surface area contributed by atoms with Crippen LogP contribution in [0.2, 0.25) is 0 Å². The van der Waals surface area contributed by atoms with Gasteiger partial charge in [0.15, 0.2) is 0 Å². The minimum Gasteiger partial charge on any atom is -0.473 e. The van der Waals surface area contributed by atoms with E-state index < -0.39 is 11.9 Å². The van der Waals surface area contributed by atoms with Gasteiger partial charge in [0.2, 0.25) is 0 Å². The Bertz CT molecular complexity index is 473. The average molecular weight is 222 g/mol. The zero-order valence-electron chi connectivity index (χ0n) is 8.47. The number of carboxylic acids is 2. The first-order valence-corrected chi connectivity index (χ1v) is 4.38. The lowest BCUT2D eigenvalue weighted by Gasteiger charge is -1.81. The lowest BCUT2D eigenvalue weighted by molar-refractivity contribution is -0.159. The number of rotatable bonds is 0. The number of carbonyl (C=O) groups is 2. The van der Waals surface area contributed by atoms with Gasteiger partial charge in [0.05, 0.1) is 11.0 Å². The second kappa shape index (κ2) is 4.92. The summed E-state index contributed by atoms with van der Waals surface area (Å²) in [6.07, 6.45) is 0. The maximum absolute atomic E-state index is 9.10. The fourth-order valence-electron chi connectivity index (χ4n) is 1.08. The first-order valence-electron chi connectivity index (χ1n) is 4.38. The van der Waals surface area contributed by atoms with Gasteiger partial charge in [-0.25, -0.2) is 14.6 Å². The minimum atomic E-state index is -1.82. The molecule has 0 amide bonds. The number of aromatic amines is 1. The number of carboxylic acid groups (broad SMARTS) is 2. The normalized spacial score (nSPS) is 9.31. The van der Waals surface area contributed by atoms with Gasteiger partial charge >= 0.3 is 11.9 Å². The van der Waals surface area contributed by atoms with Crippen LogP contribution in [0.5, 0.6) is 0 Å². The number of benzene rings is 1. The molecule has 16 heavy (non-hydrogen) atoms. The quantitative estimate of drug-likeness (QED) is 0.577. The summed E-state index contributed by atoms with van der Waals surface area (Å²) in [6, 6.07) is 8.01. The number of imidazole rings is 1. The van der Waals surface area contributed by atoms with E-state index in [9.17, 15) is 0 Å².